The Labute approximate surface area is 193 Å². The lowest BCUT2D eigenvalue weighted by Crippen LogP contribution is -2.13. The molecule has 0 aliphatic heterocycles. The summed E-state index contributed by atoms with van der Waals surface area (Å²) in [5.74, 6) is 0.570. The number of benzene rings is 1. The molecule has 0 bridgehead atoms. The van der Waals surface area contributed by atoms with E-state index in [4.69, 9.17) is 0 Å². The third-order valence-electron chi connectivity index (χ3n) is 6.26. The van der Waals surface area contributed by atoms with Crippen molar-refractivity contribution in [1.82, 2.24) is 19.7 Å². The van der Waals surface area contributed by atoms with Crippen molar-refractivity contribution in [2.45, 2.75) is 64.8 Å². The van der Waals surface area contributed by atoms with Crippen molar-refractivity contribution in [3.8, 4) is 11.1 Å². The molecule has 7 nitrogen and oxygen atoms in total. The first-order valence-corrected chi connectivity index (χ1v) is 11.8. The normalized spacial score (nSPS) is 14.3. The van der Waals surface area contributed by atoms with E-state index in [2.05, 4.69) is 22.0 Å². The molecule has 2 aromatic heterocycles. The lowest BCUT2D eigenvalue weighted by Gasteiger charge is -2.19. The number of carboxylic acid groups (broad SMARTS) is 1. The minimum Gasteiger partial charge on any atom is -0.478 e. The lowest BCUT2D eigenvalue weighted by atomic mass is 9.86. The fourth-order valence-corrected chi connectivity index (χ4v) is 4.53. The van der Waals surface area contributed by atoms with Gasteiger partial charge in [-0.15, -0.1) is 5.10 Å². The van der Waals surface area contributed by atoms with Gasteiger partial charge in [-0.05, 0) is 30.0 Å². The van der Waals surface area contributed by atoms with Crippen molar-refractivity contribution >= 4 is 11.8 Å². The molecule has 0 amide bonds. The zero-order chi connectivity index (χ0) is 23.2. The molecular formula is C26H30N4O3. The van der Waals surface area contributed by atoms with E-state index < -0.39 is 5.97 Å². The second kappa shape index (κ2) is 10.5. The first kappa shape index (κ1) is 22.8. The van der Waals surface area contributed by atoms with E-state index in [0.717, 1.165) is 36.3 Å². The fraction of sp³-hybridized carbons (Fsp3) is 0.423. The Balaban J connectivity index is 1.51. The molecule has 1 aliphatic carbocycles. The van der Waals surface area contributed by atoms with E-state index in [1.807, 2.05) is 22.9 Å². The minimum absolute atomic E-state index is 0.0339. The van der Waals surface area contributed by atoms with Crippen LogP contribution in [0.4, 0.5) is 0 Å². The number of carboxylic acids is 1. The zero-order valence-corrected chi connectivity index (χ0v) is 19.0. The molecule has 7 heteroatoms. The van der Waals surface area contributed by atoms with Crippen molar-refractivity contribution in [1.29, 1.82) is 0 Å². The van der Waals surface area contributed by atoms with E-state index in [-0.39, 0.29) is 11.3 Å². The van der Waals surface area contributed by atoms with Crippen LogP contribution in [-0.4, -0.2) is 36.6 Å². The smallest absolute Gasteiger partial charge is 0.336 e. The summed E-state index contributed by atoms with van der Waals surface area (Å²) in [7, 11) is 0. The molecule has 0 saturated heterocycles. The van der Waals surface area contributed by atoms with E-state index in [1.165, 1.54) is 19.3 Å². The zero-order valence-electron chi connectivity index (χ0n) is 19.0. The van der Waals surface area contributed by atoms with Gasteiger partial charge in [0.2, 0.25) is 11.6 Å². The van der Waals surface area contributed by atoms with Crippen LogP contribution in [0.2, 0.25) is 0 Å². The molecule has 0 unspecified atom stereocenters. The van der Waals surface area contributed by atoms with Gasteiger partial charge in [0.05, 0.1) is 5.56 Å². The third-order valence-corrected chi connectivity index (χ3v) is 6.26. The second-order valence-corrected chi connectivity index (χ2v) is 8.77. The van der Waals surface area contributed by atoms with Crippen molar-refractivity contribution < 1.29 is 14.7 Å². The molecular weight excluding hydrogens is 416 g/mol. The molecule has 0 radical (unpaired) electrons. The average molecular weight is 447 g/mol. The number of carbonyl (C=O) groups is 2. The van der Waals surface area contributed by atoms with Crippen LogP contribution in [0, 0.1) is 5.92 Å². The van der Waals surface area contributed by atoms with Crippen molar-refractivity contribution in [3.63, 3.8) is 0 Å². The number of ketones is 1. The Morgan fingerprint density at radius 3 is 2.58 bits per heavy atom. The average Bonchev–Trinajstić information content (AvgIpc) is 3.23. The maximum Gasteiger partial charge on any atom is 0.336 e. The Morgan fingerprint density at radius 2 is 1.88 bits per heavy atom. The second-order valence-electron chi connectivity index (χ2n) is 8.77. The molecule has 0 spiro atoms. The number of hydrogen-bond acceptors (Lipinski definition) is 5. The molecule has 1 saturated carbocycles. The molecule has 1 aromatic carbocycles. The summed E-state index contributed by atoms with van der Waals surface area (Å²) < 4.78 is 1.82. The lowest BCUT2D eigenvalue weighted by molar-refractivity contribution is 0.0697. The number of nitrogens with zero attached hydrogens (tertiary/aromatic N) is 4. The standard InChI is InChI=1S/C26H30N4O3/c1-2-14-30-24(28-25(29-30)23(31)15-18-8-4-3-5-9-18)16-20-13-12-19(17-27-20)21-10-6-7-11-22(21)26(32)33/h6-7,10-13,17-18H,2-5,8-9,14-16H2,1H3,(H,32,33). The predicted molar refractivity (Wildman–Crippen MR) is 125 cm³/mol. The fourth-order valence-electron chi connectivity index (χ4n) is 4.53. The van der Waals surface area contributed by atoms with Gasteiger partial charge < -0.3 is 5.11 Å². The Morgan fingerprint density at radius 1 is 1.09 bits per heavy atom. The maximum atomic E-state index is 12.8. The summed E-state index contributed by atoms with van der Waals surface area (Å²) in [5.41, 5.74) is 2.42. The molecule has 1 N–H and O–H groups in total. The molecule has 2 heterocycles. The number of Topliss-reactive ketones (excluding diaryl/α,β-unsaturated/α-hetero) is 1. The van der Waals surface area contributed by atoms with Gasteiger partial charge in [-0.2, -0.15) is 0 Å². The van der Waals surface area contributed by atoms with Gasteiger partial charge in [0.25, 0.3) is 0 Å². The Kier molecular flexibility index (Phi) is 7.27. The van der Waals surface area contributed by atoms with Gasteiger partial charge in [0.15, 0.2) is 0 Å². The van der Waals surface area contributed by atoms with Crippen molar-refractivity contribution in [2.24, 2.45) is 5.92 Å². The molecule has 33 heavy (non-hydrogen) atoms. The topological polar surface area (TPSA) is 98.0 Å². The molecule has 1 aliphatic rings. The van der Waals surface area contributed by atoms with Crippen LogP contribution in [0.3, 0.4) is 0 Å². The minimum atomic E-state index is -0.965. The summed E-state index contributed by atoms with van der Waals surface area (Å²) in [6, 6.07) is 10.6. The number of pyridine rings is 1. The number of hydrogen-bond donors (Lipinski definition) is 1. The highest BCUT2D eigenvalue weighted by Crippen LogP contribution is 2.27. The Bertz CT molecular complexity index is 1110. The number of aromatic carboxylic acids is 1. The van der Waals surface area contributed by atoms with Crippen LogP contribution in [0.15, 0.2) is 42.6 Å². The van der Waals surface area contributed by atoms with E-state index in [0.29, 0.717) is 36.7 Å². The van der Waals surface area contributed by atoms with Crippen LogP contribution >= 0.6 is 0 Å². The summed E-state index contributed by atoms with van der Waals surface area (Å²) in [6.45, 7) is 2.77. The van der Waals surface area contributed by atoms with Gasteiger partial charge >= 0.3 is 5.97 Å². The van der Waals surface area contributed by atoms with Crippen LogP contribution < -0.4 is 0 Å². The number of aryl methyl sites for hydroxylation is 1. The van der Waals surface area contributed by atoms with E-state index in [9.17, 15) is 14.7 Å². The van der Waals surface area contributed by atoms with E-state index in [1.54, 1.807) is 24.4 Å². The summed E-state index contributed by atoms with van der Waals surface area (Å²) in [6.07, 6.45) is 9.50. The molecule has 4 rings (SSSR count). The highest BCUT2D eigenvalue weighted by atomic mass is 16.4. The van der Waals surface area contributed by atoms with Gasteiger partial charge in [0.1, 0.15) is 5.82 Å². The maximum absolute atomic E-state index is 12.8. The summed E-state index contributed by atoms with van der Waals surface area (Å²) in [4.78, 5) is 33.5. The molecule has 3 aromatic rings. The third kappa shape index (κ3) is 5.53. The van der Waals surface area contributed by atoms with Crippen LogP contribution in [0.25, 0.3) is 11.1 Å². The number of rotatable bonds is 9. The highest BCUT2D eigenvalue weighted by Gasteiger charge is 2.22. The van der Waals surface area contributed by atoms with Crippen molar-refractivity contribution in [2.75, 3.05) is 0 Å². The Hall–Kier alpha value is -3.35. The summed E-state index contributed by atoms with van der Waals surface area (Å²) >= 11 is 0. The van der Waals surface area contributed by atoms with Gasteiger partial charge in [-0.1, -0.05) is 63.3 Å². The first-order valence-electron chi connectivity index (χ1n) is 11.8. The van der Waals surface area contributed by atoms with Gasteiger partial charge in [0, 0.05) is 36.8 Å². The quantitative estimate of drug-likeness (QED) is 0.454. The largest absolute Gasteiger partial charge is 0.478 e. The number of aromatic nitrogens is 4. The first-order chi connectivity index (χ1) is 16.0. The van der Waals surface area contributed by atoms with Crippen LogP contribution in [-0.2, 0) is 13.0 Å². The molecule has 172 valence electrons. The summed E-state index contributed by atoms with van der Waals surface area (Å²) in [5, 5.41) is 14.0. The number of carbonyl (C=O) groups excluding carboxylic acids is 1. The predicted octanol–water partition coefficient (Wildman–Crippen LogP) is 5.19. The SMILES string of the molecule is CCCn1nc(C(=O)CC2CCCCC2)nc1Cc1ccc(-c2ccccc2C(=O)O)cn1. The van der Waals surface area contributed by atoms with Gasteiger partial charge in [-0.3, -0.25) is 9.78 Å². The van der Waals surface area contributed by atoms with Crippen LogP contribution in [0.5, 0.6) is 0 Å². The molecule has 0 atom stereocenters. The monoisotopic (exact) mass is 446 g/mol. The van der Waals surface area contributed by atoms with E-state index >= 15 is 0 Å². The van der Waals surface area contributed by atoms with Crippen LogP contribution in [0.1, 0.15) is 84.4 Å². The van der Waals surface area contributed by atoms with Crippen molar-refractivity contribution in [3.05, 3.63) is 65.5 Å². The van der Waals surface area contributed by atoms with Gasteiger partial charge in [-0.25, -0.2) is 14.5 Å². The molecule has 1 fully saturated rings. The highest BCUT2D eigenvalue weighted by molar-refractivity contribution is 5.95.